The van der Waals surface area contributed by atoms with Crippen molar-refractivity contribution in [2.45, 2.75) is 18.6 Å². The van der Waals surface area contributed by atoms with Crippen LogP contribution in [0.15, 0.2) is 44.3 Å². The van der Waals surface area contributed by atoms with Gasteiger partial charge < -0.3 is 9.73 Å². The molecule has 0 aliphatic heterocycles. The SMILES string of the molecule is CCNCc1ccc(S(=O)(=O)Nc2cccc(Cl)c2Br)o1. The van der Waals surface area contributed by atoms with E-state index >= 15 is 0 Å². The molecule has 0 aliphatic carbocycles. The van der Waals surface area contributed by atoms with E-state index in [9.17, 15) is 8.42 Å². The lowest BCUT2D eigenvalue weighted by molar-refractivity contribution is 0.405. The first-order valence-electron chi connectivity index (χ1n) is 6.20. The number of rotatable bonds is 6. The lowest BCUT2D eigenvalue weighted by Gasteiger charge is -2.08. The predicted octanol–water partition coefficient (Wildman–Crippen LogP) is 3.61. The molecule has 2 N–H and O–H groups in total. The highest BCUT2D eigenvalue weighted by Gasteiger charge is 2.20. The largest absolute Gasteiger partial charge is 0.446 e. The van der Waals surface area contributed by atoms with E-state index in [1.165, 1.54) is 6.07 Å². The first-order valence-corrected chi connectivity index (χ1v) is 8.85. The van der Waals surface area contributed by atoms with E-state index in [-0.39, 0.29) is 5.09 Å². The van der Waals surface area contributed by atoms with Gasteiger partial charge in [-0.05, 0) is 46.7 Å². The molecule has 2 rings (SSSR count). The van der Waals surface area contributed by atoms with Crippen molar-refractivity contribution in [1.29, 1.82) is 0 Å². The molecule has 0 saturated carbocycles. The lowest BCUT2D eigenvalue weighted by atomic mass is 10.3. The number of benzene rings is 1. The van der Waals surface area contributed by atoms with Crippen LogP contribution in [-0.2, 0) is 16.6 Å². The molecular weight excluding hydrogens is 380 g/mol. The third-order valence-corrected chi connectivity index (χ3v) is 5.28. The van der Waals surface area contributed by atoms with Crippen LogP contribution in [0.3, 0.4) is 0 Å². The fourth-order valence-corrected chi connectivity index (χ4v) is 3.32. The Morgan fingerprint density at radius 2 is 2.05 bits per heavy atom. The Morgan fingerprint density at radius 1 is 1.29 bits per heavy atom. The predicted molar refractivity (Wildman–Crippen MR) is 86.0 cm³/mol. The summed E-state index contributed by atoms with van der Waals surface area (Å²) in [6.07, 6.45) is 0. The molecule has 8 heteroatoms. The quantitative estimate of drug-likeness (QED) is 0.786. The molecule has 0 spiro atoms. The van der Waals surface area contributed by atoms with E-state index < -0.39 is 10.0 Å². The second-order valence-electron chi connectivity index (χ2n) is 4.21. The molecule has 21 heavy (non-hydrogen) atoms. The summed E-state index contributed by atoms with van der Waals surface area (Å²) < 4.78 is 32.8. The second kappa shape index (κ2) is 6.83. The minimum atomic E-state index is -3.79. The zero-order valence-corrected chi connectivity index (χ0v) is 14.3. The van der Waals surface area contributed by atoms with Gasteiger partial charge in [-0.15, -0.1) is 0 Å². The van der Waals surface area contributed by atoms with Crippen molar-refractivity contribution in [2.75, 3.05) is 11.3 Å². The van der Waals surface area contributed by atoms with Gasteiger partial charge in [-0.3, -0.25) is 4.72 Å². The highest BCUT2D eigenvalue weighted by Crippen LogP contribution is 2.31. The number of halogens is 2. The van der Waals surface area contributed by atoms with Crippen LogP contribution < -0.4 is 10.0 Å². The summed E-state index contributed by atoms with van der Waals surface area (Å²) in [5.74, 6) is 0.558. The van der Waals surface area contributed by atoms with Gasteiger partial charge in [0.25, 0.3) is 10.0 Å². The van der Waals surface area contributed by atoms with E-state index in [4.69, 9.17) is 16.0 Å². The highest BCUT2D eigenvalue weighted by molar-refractivity contribution is 9.10. The summed E-state index contributed by atoms with van der Waals surface area (Å²) >= 11 is 9.18. The standard InChI is InChI=1S/C13H14BrClN2O3S/c1-2-16-8-9-6-7-12(20-9)21(18,19)17-11-5-3-4-10(15)13(11)14/h3-7,16-17H,2,8H2,1H3. The van der Waals surface area contributed by atoms with Gasteiger partial charge in [0.2, 0.25) is 5.09 Å². The smallest absolute Gasteiger partial charge is 0.295 e. The molecule has 0 saturated heterocycles. The molecule has 0 amide bonds. The molecule has 1 aromatic heterocycles. The molecular formula is C13H14BrClN2O3S. The summed E-state index contributed by atoms with van der Waals surface area (Å²) in [5, 5.41) is 3.34. The van der Waals surface area contributed by atoms with Crippen LogP contribution in [0.5, 0.6) is 0 Å². The minimum absolute atomic E-state index is 0.137. The first-order chi connectivity index (χ1) is 9.94. The van der Waals surface area contributed by atoms with Gasteiger partial charge in [0.15, 0.2) is 0 Å². The topological polar surface area (TPSA) is 71.3 Å². The zero-order chi connectivity index (χ0) is 15.5. The summed E-state index contributed by atoms with van der Waals surface area (Å²) in [4.78, 5) is 0. The molecule has 1 aromatic carbocycles. The van der Waals surface area contributed by atoms with Crippen LogP contribution in [-0.4, -0.2) is 15.0 Å². The molecule has 0 atom stereocenters. The van der Waals surface area contributed by atoms with Crippen molar-refractivity contribution in [2.24, 2.45) is 0 Å². The van der Waals surface area contributed by atoms with E-state index in [2.05, 4.69) is 26.0 Å². The Kier molecular flexibility index (Phi) is 5.32. The lowest BCUT2D eigenvalue weighted by Crippen LogP contribution is -2.13. The Bertz CT molecular complexity index is 731. The van der Waals surface area contributed by atoms with Crippen molar-refractivity contribution in [3.63, 3.8) is 0 Å². The number of hydrogen-bond acceptors (Lipinski definition) is 4. The Labute approximate surface area is 136 Å². The van der Waals surface area contributed by atoms with Gasteiger partial charge in [-0.25, -0.2) is 0 Å². The van der Waals surface area contributed by atoms with Crippen LogP contribution >= 0.6 is 27.5 Å². The minimum Gasteiger partial charge on any atom is -0.446 e. The first kappa shape index (κ1) is 16.4. The van der Waals surface area contributed by atoms with Crippen molar-refractivity contribution in [3.05, 3.63) is 45.6 Å². The average molecular weight is 394 g/mol. The summed E-state index contributed by atoms with van der Waals surface area (Å²) in [7, 11) is -3.79. The molecule has 0 bridgehead atoms. The van der Waals surface area contributed by atoms with Crippen molar-refractivity contribution in [3.8, 4) is 0 Å². The average Bonchev–Trinajstić information content (AvgIpc) is 2.91. The molecule has 5 nitrogen and oxygen atoms in total. The number of sulfonamides is 1. The van der Waals surface area contributed by atoms with Crippen LogP contribution in [0.4, 0.5) is 5.69 Å². The molecule has 0 unspecified atom stereocenters. The van der Waals surface area contributed by atoms with Crippen LogP contribution in [0.2, 0.25) is 5.02 Å². The third-order valence-electron chi connectivity index (χ3n) is 2.65. The van der Waals surface area contributed by atoms with Crippen LogP contribution in [0, 0.1) is 0 Å². The van der Waals surface area contributed by atoms with Gasteiger partial charge in [0.1, 0.15) is 5.76 Å². The summed E-state index contributed by atoms with van der Waals surface area (Å²) in [5.41, 5.74) is 0.354. The van der Waals surface area contributed by atoms with Crippen molar-refractivity contribution < 1.29 is 12.8 Å². The molecule has 0 aliphatic rings. The van der Waals surface area contributed by atoms with Crippen molar-refractivity contribution in [1.82, 2.24) is 5.32 Å². The molecule has 0 fully saturated rings. The second-order valence-corrected chi connectivity index (χ2v) is 7.02. The maximum Gasteiger partial charge on any atom is 0.295 e. The Morgan fingerprint density at radius 3 is 2.76 bits per heavy atom. The summed E-state index contributed by atoms with van der Waals surface area (Å²) in [6, 6.07) is 7.97. The molecule has 0 radical (unpaired) electrons. The fourth-order valence-electron chi connectivity index (χ4n) is 1.62. The van der Waals surface area contributed by atoms with Crippen molar-refractivity contribution >= 4 is 43.2 Å². The van der Waals surface area contributed by atoms with Gasteiger partial charge in [-0.2, -0.15) is 8.42 Å². The van der Waals surface area contributed by atoms with Crippen LogP contribution in [0.1, 0.15) is 12.7 Å². The van der Waals surface area contributed by atoms with Gasteiger partial charge in [0.05, 0.1) is 21.7 Å². The van der Waals surface area contributed by atoms with Crippen LogP contribution in [0.25, 0.3) is 0 Å². The third kappa shape index (κ3) is 4.00. The van der Waals surface area contributed by atoms with Gasteiger partial charge >= 0.3 is 0 Å². The monoisotopic (exact) mass is 392 g/mol. The van der Waals surface area contributed by atoms with E-state index in [1.54, 1.807) is 24.3 Å². The maximum absolute atomic E-state index is 12.3. The van der Waals surface area contributed by atoms with E-state index in [1.807, 2.05) is 6.92 Å². The Hall–Kier alpha value is -1.02. The zero-order valence-electron chi connectivity index (χ0n) is 11.2. The van der Waals surface area contributed by atoms with E-state index in [0.29, 0.717) is 27.5 Å². The van der Waals surface area contributed by atoms with Gasteiger partial charge in [0, 0.05) is 0 Å². The molecule has 1 heterocycles. The number of nitrogens with one attached hydrogen (secondary N) is 2. The molecule has 2 aromatic rings. The highest BCUT2D eigenvalue weighted by atomic mass is 79.9. The number of anilines is 1. The fraction of sp³-hybridized carbons (Fsp3) is 0.231. The summed E-state index contributed by atoms with van der Waals surface area (Å²) in [6.45, 7) is 3.21. The van der Waals surface area contributed by atoms with Gasteiger partial charge in [-0.1, -0.05) is 24.6 Å². The maximum atomic E-state index is 12.3. The normalized spacial score (nSPS) is 11.6. The molecule has 114 valence electrons. The number of hydrogen-bond donors (Lipinski definition) is 2. The Balaban J connectivity index is 2.22. The van der Waals surface area contributed by atoms with E-state index in [0.717, 1.165) is 6.54 Å². The number of furan rings is 1.